The number of ether oxygens (including phenoxy) is 1. The van der Waals surface area contributed by atoms with E-state index in [0.29, 0.717) is 10.8 Å². The van der Waals surface area contributed by atoms with Crippen LogP contribution in [-0.2, 0) is 0 Å². The Morgan fingerprint density at radius 2 is 2.16 bits per heavy atom. The fourth-order valence-corrected chi connectivity index (χ4v) is 2.13. The molecule has 0 unspecified atom stereocenters. The third kappa shape index (κ3) is 2.97. The quantitative estimate of drug-likeness (QED) is 0.670. The molecule has 0 radical (unpaired) electrons. The number of hydrogen-bond acceptors (Lipinski definition) is 6. The maximum atomic E-state index is 11.9. The fraction of sp³-hybridized carbons (Fsp3) is 0.154. The van der Waals surface area contributed by atoms with Crippen LogP contribution in [0.2, 0.25) is 0 Å². The molecule has 2 aromatic rings. The van der Waals surface area contributed by atoms with Crippen molar-refractivity contribution in [2.45, 2.75) is 6.42 Å². The lowest BCUT2D eigenvalue weighted by Gasteiger charge is -2.05. The van der Waals surface area contributed by atoms with Crippen LogP contribution in [0.4, 0.5) is 0 Å². The van der Waals surface area contributed by atoms with Crippen LogP contribution < -0.4 is 4.74 Å². The highest BCUT2D eigenvalue weighted by Gasteiger charge is 2.18. The van der Waals surface area contributed by atoms with E-state index in [1.165, 1.54) is 36.8 Å². The van der Waals surface area contributed by atoms with Crippen LogP contribution in [0.25, 0.3) is 0 Å². The zero-order chi connectivity index (χ0) is 13.8. The molecule has 1 N–H and O–H groups in total. The number of carbonyl (C=O) groups is 2. The molecule has 5 nitrogen and oxygen atoms in total. The van der Waals surface area contributed by atoms with Crippen molar-refractivity contribution in [2.75, 3.05) is 7.11 Å². The Morgan fingerprint density at radius 3 is 2.74 bits per heavy atom. The van der Waals surface area contributed by atoms with Gasteiger partial charge in [0.05, 0.1) is 19.1 Å². The summed E-state index contributed by atoms with van der Waals surface area (Å²) in [4.78, 5) is 27.5. The van der Waals surface area contributed by atoms with Gasteiger partial charge in [-0.25, -0.2) is 4.98 Å². The zero-order valence-electron chi connectivity index (χ0n) is 10.1. The Morgan fingerprint density at radius 1 is 1.37 bits per heavy atom. The molecule has 0 spiro atoms. The molecule has 0 saturated carbocycles. The Labute approximate surface area is 113 Å². The molecule has 0 fully saturated rings. The summed E-state index contributed by atoms with van der Waals surface area (Å²) in [6, 6.07) is 4.33. The number of nitrogens with zero attached hydrogens (tertiary/aromatic N) is 1. The summed E-state index contributed by atoms with van der Waals surface area (Å²) in [6.45, 7) is 0. The number of methoxy groups -OCH3 is 1. The number of Topliss-reactive ketones (excluding diaryl/α,β-unsaturated/α-hetero) is 2. The molecule has 0 aliphatic rings. The second-order valence-electron chi connectivity index (χ2n) is 3.74. The van der Waals surface area contributed by atoms with Gasteiger partial charge in [-0.05, 0) is 12.1 Å². The lowest BCUT2D eigenvalue weighted by Crippen LogP contribution is -2.08. The number of phenols is 1. The van der Waals surface area contributed by atoms with Crippen LogP contribution in [0.5, 0.6) is 11.5 Å². The molecule has 1 aromatic carbocycles. The van der Waals surface area contributed by atoms with Crippen LogP contribution in [0.1, 0.15) is 26.6 Å². The number of phenolic OH excluding ortho intramolecular Hbond substituents is 1. The average Bonchev–Trinajstić information content (AvgIpc) is 2.92. The molecule has 1 aromatic heterocycles. The first-order valence-electron chi connectivity index (χ1n) is 5.44. The minimum Gasteiger partial charge on any atom is -0.507 e. The van der Waals surface area contributed by atoms with Gasteiger partial charge in [-0.2, -0.15) is 0 Å². The van der Waals surface area contributed by atoms with Crippen molar-refractivity contribution in [2.24, 2.45) is 0 Å². The number of rotatable bonds is 5. The largest absolute Gasteiger partial charge is 0.507 e. The molecule has 0 atom stereocenters. The SMILES string of the molecule is COc1ccc(C(=O)CC(=O)c2nccs2)c(O)c1. The van der Waals surface area contributed by atoms with Crippen molar-refractivity contribution in [3.63, 3.8) is 0 Å². The number of thiazole rings is 1. The number of benzene rings is 1. The smallest absolute Gasteiger partial charge is 0.199 e. The average molecular weight is 277 g/mol. The molecule has 0 amide bonds. The second-order valence-corrected chi connectivity index (χ2v) is 4.64. The predicted octanol–water partition coefficient (Wildman–Crippen LogP) is 2.31. The summed E-state index contributed by atoms with van der Waals surface area (Å²) in [5, 5.41) is 11.7. The van der Waals surface area contributed by atoms with Gasteiger partial charge in [0.15, 0.2) is 16.6 Å². The van der Waals surface area contributed by atoms with Crippen molar-refractivity contribution < 1.29 is 19.4 Å². The van der Waals surface area contributed by atoms with Gasteiger partial charge in [0.25, 0.3) is 0 Å². The first kappa shape index (κ1) is 13.2. The van der Waals surface area contributed by atoms with Gasteiger partial charge in [-0.3, -0.25) is 9.59 Å². The normalized spacial score (nSPS) is 10.2. The first-order chi connectivity index (χ1) is 9.11. The van der Waals surface area contributed by atoms with Gasteiger partial charge < -0.3 is 9.84 Å². The molecule has 19 heavy (non-hydrogen) atoms. The van der Waals surface area contributed by atoms with Crippen molar-refractivity contribution >= 4 is 22.9 Å². The van der Waals surface area contributed by atoms with Crippen LogP contribution in [0.15, 0.2) is 29.8 Å². The van der Waals surface area contributed by atoms with E-state index in [9.17, 15) is 14.7 Å². The Kier molecular flexibility index (Phi) is 3.91. The third-order valence-electron chi connectivity index (χ3n) is 2.50. The van der Waals surface area contributed by atoms with Crippen LogP contribution in [0.3, 0.4) is 0 Å². The zero-order valence-corrected chi connectivity index (χ0v) is 10.9. The Bertz CT molecular complexity index is 607. The van der Waals surface area contributed by atoms with E-state index in [-0.39, 0.29) is 23.5 Å². The summed E-state index contributed by atoms with van der Waals surface area (Å²) in [5.74, 6) is -0.549. The number of ketones is 2. The Hall–Kier alpha value is -2.21. The maximum Gasteiger partial charge on any atom is 0.199 e. The van der Waals surface area contributed by atoms with Crippen LogP contribution >= 0.6 is 11.3 Å². The maximum absolute atomic E-state index is 11.9. The lowest BCUT2D eigenvalue weighted by molar-refractivity contribution is 0.0893. The molecule has 0 bridgehead atoms. The first-order valence-corrected chi connectivity index (χ1v) is 6.32. The molecule has 0 aliphatic heterocycles. The highest BCUT2D eigenvalue weighted by atomic mass is 32.1. The minimum absolute atomic E-state index is 0.103. The van der Waals surface area contributed by atoms with E-state index in [2.05, 4.69) is 4.98 Å². The van der Waals surface area contributed by atoms with Gasteiger partial charge >= 0.3 is 0 Å². The van der Waals surface area contributed by atoms with E-state index >= 15 is 0 Å². The highest BCUT2D eigenvalue weighted by Crippen LogP contribution is 2.25. The van der Waals surface area contributed by atoms with Crippen molar-refractivity contribution in [3.05, 3.63) is 40.3 Å². The molecule has 1 heterocycles. The highest BCUT2D eigenvalue weighted by molar-refractivity contribution is 7.11. The number of aromatic hydroxyl groups is 1. The molecule has 0 saturated heterocycles. The van der Waals surface area contributed by atoms with Crippen molar-refractivity contribution in [3.8, 4) is 11.5 Å². The lowest BCUT2D eigenvalue weighted by atomic mass is 10.0. The summed E-state index contributed by atoms with van der Waals surface area (Å²) < 4.78 is 4.92. The summed E-state index contributed by atoms with van der Waals surface area (Å²) in [5.41, 5.74) is 0.103. The van der Waals surface area contributed by atoms with E-state index in [1.54, 1.807) is 11.4 Å². The van der Waals surface area contributed by atoms with Crippen LogP contribution in [0, 0.1) is 0 Å². The number of hydrogen-bond donors (Lipinski definition) is 1. The van der Waals surface area contributed by atoms with Gasteiger partial charge in [0.1, 0.15) is 11.5 Å². The molecular formula is C13H11NO4S. The van der Waals surface area contributed by atoms with Crippen molar-refractivity contribution in [1.82, 2.24) is 4.98 Å². The van der Waals surface area contributed by atoms with Gasteiger partial charge in [0.2, 0.25) is 0 Å². The van der Waals surface area contributed by atoms with E-state index in [0.717, 1.165) is 0 Å². The monoisotopic (exact) mass is 277 g/mol. The molecule has 6 heteroatoms. The standard InChI is InChI=1S/C13H11NO4S/c1-18-8-2-3-9(10(15)6-8)11(16)7-12(17)13-14-4-5-19-13/h2-6,15H,7H2,1H3. The fourth-order valence-electron chi connectivity index (χ4n) is 1.55. The predicted molar refractivity (Wildman–Crippen MR) is 70.1 cm³/mol. The molecule has 0 aliphatic carbocycles. The van der Waals surface area contributed by atoms with E-state index < -0.39 is 5.78 Å². The summed E-state index contributed by atoms with van der Waals surface area (Å²) in [7, 11) is 1.46. The van der Waals surface area contributed by atoms with Gasteiger partial charge in [-0.15, -0.1) is 11.3 Å². The number of aromatic nitrogens is 1. The summed E-state index contributed by atoms with van der Waals surface area (Å²) >= 11 is 1.18. The molecule has 2 rings (SSSR count). The number of carbonyl (C=O) groups excluding carboxylic acids is 2. The third-order valence-corrected chi connectivity index (χ3v) is 3.31. The molecule has 98 valence electrons. The van der Waals surface area contributed by atoms with Crippen molar-refractivity contribution in [1.29, 1.82) is 0 Å². The van der Waals surface area contributed by atoms with Crippen LogP contribution in [-0.4, -0.2) is 28.8 Å². The minimum atomic E-state index is -0.444. The van der Waals surface area contributed by atoms with E-state index in [4.69, 9.17) is 4.74 Å². The second kappa shape index (κ2) is 5.62. The molecular weight excluding hydrogens is 266 g/mol. The van der Waals surface area contributed by atoms with Gasteiger partial charge in [0, 0.05) is 17.6 Å². The van der Waals surface area contributed by atoms with Gasteiger partial charge in [-0.1, -0.05) is 0 Å². The Balaban J connectivity index is 2.14. The topological polar surface area (TPSA) is 76.5 Å². The summed E-state index contributed by atoms with van der Waals surface area (Å²) in [6.07, 6.45) is 1.20. The van der Waals surface area contributed by atoms with E-state index in [1.807, 2.05) is 0 Å².